The number of nitrogens with zero attached hydrogens (tertiary/aromatic N) is 2. The highest BCUT2D eigenvalue weighted by molar-refractivity contribution is 7.80. The summed E-state index contributed by atoms with van der Waals surface area (Å²) < 4.78 is 5.80. The molecule has 0 aliphatic carbocycles. The summed E-state index contributed by atoms with van der Waals surface area (Å²) in [4.78, 5) is 24.8. The van der Waals surface area contributed by atoms with E-state index in [0.29, 0.717) is 27.9 Å². The molecule has 2 heterocycles. The molecule has 0 unspecified atom stereocenters. The van der Waals surface area contributed by atoms with Crippen LogP contribution in [-0.4, -0.2) is 15.9 Å². The number of hydrogen-bond acceptors (Lipinski definition) is 5. The summed E-state index contributed by atoms with van der Waals surface area (Å²) in [7, 11) is 0. The summed E-state index contributed by atoms with van der Waals surface area (Å²) in [6.07, 6.45) is 2.37. The van der Waals surface area contributed by atoms with Crippen LogP contribution in [0.3, 0.4) is 0 Å². The van der Waals surface area contributed by atoms with Crippen molar-refractivity contribution in [3.8, 4) is 11.3 Å². The van der Waals surface area contributed by atoms with E-state index in [9.17, 15) is 14.9 Å². The molecule has 4 rings (SSSR count). The van der Waals surface area contributed by atoms with Gasteiger partial charge < -0.3 is 9.73 Å². The summed E-state index contributed by atoms with van der Waals surface area (Å²) in [6.45, 7) is 2.02. The SMILES string of the molecule is CCc1ccccc1N1C(=O)/C(=C\c2ccc(-c3ccc([N+](=O)[O-])cc3)o2)NC1=S. The molecule has 0 bridgehead atoms. The summed E-state index contributed by atoms with van der Waals surface area (Å²) in [6, 6.07) is 17.2. The Kier molecular flexibility index (Phi) is 5.16. The Hall–Kier alpha value is -3.78. The fourth-order valence-electron chi connectivity index (χ4n) is 3.26. The molecule has 0 atom stereocenters. The molecule has 3 aromatic rings. The van der Waals surface area contributed by atoms with Gasteiger partial charge in [0.2, 0.25) is 0 Å². The van der Waals surface area contributed by atoms with Crippen LogP contribution >= 0.6 is 12.2 Å². The van der Waals surface area contributed by atoms with Gasteiger partial charge in [-0.25, -0.2) is 0 Å². The molecule has 2 aromatic carbocycles. The zero-order chi connectivity index (χ0) is 21.3. The Morgan fingerprint density at radius 1 is 1.13 bits per heavy atom. The van der Waals surface area contributed by atoms with E-state index >= 15 is 0 Å². The molecule has 30 heavy (non-hydrogen) atoms. The van der Waals surface area contributed by atoms with Gasteiger partial charge in [-0.1, -0.05) is 25.1 Å². The molecule has 8 heteroatoms. The first-order valence-electron chi connectivity index (χ1n) is 9.27. The van der Waals surface area contributed by atoms with Crippen molar-refractivity contribution in [2.24, 2.45) is 0 Å². The van der Waals surface area contributed by atoms with Gasteiger partial charge in [0.25, 0.3) is 11.6 Å². The second-order valence-corrected chi connectivity index (χ2v) is 7.00. The van der Waals surface area contributed by atoms with E-state index in [2.05, 4.69) is 5.32 Å². The van der Waals surface area contributed by atoms with E-state index < -0.39 is 4.92 Å². The topological polar surface area (TPSA) is 88.6 Å². The van der Waals surface area contributed by atoms with Gasteiger partial charge in [-0.05, 0) is 54.5 Å². The Balaban J connectivity index is 1.59. The van der Waals surface area contributed by atoms with Gasteiger partial charge in [0.15, 0.2) is 5.11 Å². The first kappa shape index (κ1) is 19.5. The minimum absolute atomic E-state index is 0.00867. The number of thiocarbonyl (C=S) groups is 1. The standard InChI is InChI=1S/C22H17N3O4S/c1-2-14-5-3-4-6-19(14)24-21(26)18(23-22(24)30)13-17-11-12-20(29-17)15-7-9-16(10-8-15)25(27)28/h3-13H,2H2,1H3,(H,23,30)/b18-13+. The van der Waals surface area contributed by atoms with Crippen LogP contribution in [0.2, 0.25) is 0 Å². The van der Waals surface area contributed by atoms with Gasteiger partial charge in [-0.15, -0.1) is 0 Å². The number of furan rings is 1. The number of anilines is 1. The quantitative estimate of drug-likeness (QED) is 0.280. The van der Waals surface area contributed by atoms with Crippen molar-refractivity contribution in [3.05, 3.63) is 87.8 Å². The lowest BCUT2D eigenvalue weighted by molar-refractivity contribution is -0.384. The van der Waals surface area contributed by atoms with Crippen molar-refractivity contribution in [3.63, 3.8) is 0 Å². The second kappa shape index (κ2) is 7.92. The van der Waals surface area contributed by atoms with Crippen LogP contribution in [0.5, 0.6) is 0 Å². The molecule has 0 radical (unpaired) electrons. The number of nitro benzene ring substituents is 1. The average molecular weight is 419 g/mol. The predicted octanol–water partition coefficient (Wildman–Crippen LogP) is 4.68. The van der Waals surface area contributed by atoms with Crippen molar-refractivity contribution in [1.29, 1.82) is 0 Å². The van der Waals surface area contributed by atoms with Crippen LogP contribution < -0.4 is 10.2 Å². The van der Waals surface area contributed by atoms with E-state index in [1.807, 2.05) is 31.2 Å². The fraction of sp³-hybridized carbons (Fsp3) is 0.0909. The third-order valence-corrected chi connectivity index (χ3v) is 5.05. The first-order chi connectivity index (χ1) is 14.5. The number of rotatable bonds is 5. The molecule has 0 spiro atoms. The lowest BCUT2D eigenvalue weighted by atomic mass is 10.1. The van der Waals surface area contributed by atoms with Gasteiger partial charge in [0.05, 0.1) is 10.6 Å². The molecule has 7 nitrogen and oxygen atoms in total. The van der Waals surface area contributed by atoms with Gasteiger partial charge in [-0.3, -0.25) is 19.8 Å². The zero-order valence-corrected chi connectivity index (χ0v) is 16.8. The van der Waals surface area contributed by atoms with E-state index in [1.165, 1.54) is 17.0 Å². The maximum Gasteiger partial charge on any atom is 0.281 e. The number of nitro groups is 1. The largest absolute Gasteiger partial charge is 0.457 e. The van der Waals surface area contributed by atoms with Crippen LogP contribution in [0.1, 0.15) is 18.2 Å². The number of amides is 1. The Labute approximate surface area is 177 Å². The molecule has 1 N–H and O–H groups in total. The van der Waals surface area contributed by atoms with Crippen LogP contribution in [0.4, 0.5) is 11.4 Å². The molecule has 150 valence electrons. The van der Waals surface area contributed by atoms with E-state index in [0.717, 1.165) is 17.7 Å². The number of non-ortho nitro benzene ring substituents is 1. The van der Waals surface area contributed by atoms with Crippen LogP contribution in [0.25, 0.3) is 17.4 Å². The fourth-order valence-corrected chi connectivity index (χ4v) is 3.55. The molecule has 1 aromatic heterocycles. The summed E-state index contributed by atoms with van der Waals surface area (Å²) in [5.41, 5.74) is 2.81. The van der Waals surface area contributed by atoms with Crippen molar-refractivity contribution >= 4 is 40.7 Å². The lowest BCUT2D eigenvalue weighted by Crippen LogP contribution is -2.31. The number of hydrogen-bond donors (Lipinski definition) is 1. The minimum Gasteiger partial charge on any atom is -0.457 e. The van der Waals surface area contributed by atoms with Crippen molar-refractivity contribution in [2.75, 3.05) is 4.90 Å². The number of benzene rings is 2. The molecule has 1 amide bonds. The number of carbonyl (C=O) groups is 1. The number of para-hydroxylation sites is 1. The smallest absolute Gasteiger partial charge is 0.281 e. The highest BCUT2D eigenvalue weighted by Crippen LogP contribution is 2.28. The maximum absolute atomic E-state index is 13.0. The first-order valence-corrected chi connectivity index (χ1v) is 9.68. The van der Waals surface area contributed by atoms with E-state index in [-0.39, 0.29) is 11.6 Å². The molecule has 1 saturated heterocycles. The van der Waals surface area contributed by atoms with Crippen LogP contribution in [0.15, 0.2) is 70.8 Å². The number of aryl methyl sites for hydroxylation is 1. The summed E-state index contributed by atoms with van der Waals surface area (Å²) in [5, 5.41) is 14.1. The highest BCUT2D eigenvalue weighted by Gasteiger charge is 2.33. The number of nitrogens with one attached hydrogen (secondary N) is 1. The third-order valence-electron chi connectivity index (χ3n) is 4.77. The Bertz CT molecular complexity index is 1180. The second-order valence-electron chi connectivity index (χ2n) is 6.62. The molecule has 1 aliphatic rings. The normalized spacial score (nSPS) is 15.0. The Morgan fingerprint density at radius 3 is 2.57 bits per heavy atom. The van der Waals surface area contributed by atoms with Crippen LogP contribution in [-0.2, 0) is 11.2 Å². The summed E-state index contributed by atoms with van der Waals surface area (Å²) in [5.74, 6) is 0.750. The highest BCUT2D eigenvalue weighted by atomic mass is 32.1. The lowest BCUT2D eigenvalue weighted by Gasteiger charge is -2.17. The van der Waals surface area contributed by atoms with Gasteiger partial charge in [0, 0.05) is 23.8 Å². The zero-order valence-electron chi connectivity index (χ0n) is 16.0. The minimum atomic E-state index is -0.454. The van der Waals surface area contributed by atoms with Gasteiger partial charge in [0.1, 0.15) is 17.2 Å². The van der Waals surface area contributed by atoms with E-state index in [4.69, 9.17) is 16.6 Å². The molecular formula is C22H17N3O4S. The Morgan fingerprint density at radius 2 is 1.87 bits per heavy atom. The average Bonchev–Trinajstić information content (AvgIpc) is 3.32. The molecular weight excluding hydrogens is 402 g/mol. The number of carbonyl (C=O) groups excluding carboxylic acids is 1. The molecule has 1 aliphatic heterocycles. The van der Waals surface area contributed by atoms with E-state index in [1.54, 1.807) is 30.3 Å². The third kappa shape index (κ3) is 3.60. The maximum atomic E-state index is 13.0. The van der Waals surface area contributed by atoms with Gasteiger partial charge >= 0.3 is 0 Å². The predicted molar refractivity (Wildman–Crippen MR) is 118 cm³/mol. The van der Waals surface area contributed by atoms with Crippen molar-refractivity contribution < 1.29 is 14.1 Å². The van der Waals surface area contributed by atoms with Crippen molar-refractivity contribution in [1.82, 2.24) is 5.32 Å². The molecule has 1 fully saturated rings. The summed E-state index contributed by atoms with van der Waals surface area (Å²) >= 11 is 5.38. The van der Waals surface area contributed by atoms with Crippen molar-refractivity contribution in [2.45, 2.75) is 13.3 Å². The monoisotopic (exact) mass is 419 g/mol. The molecule has 0 saturated carbocycles. The van der Waals surface area contributed by atoms with Crippen LogP contribution in [0, 0.1) is 10.1 Å². The van der Waals surface area contributed by atoms with Gasteiger partial charge in [-0.2, -0.15) is 0 Å².